The fourth-order valence-electron chi connectivity index (χ4n) is 3.78. The maximum absolute atomic E-state index is 12.1. The third kappa shape index (κ3) is 4.26. The van der Waals surface area contributed by atoms with Gasteiger partial charge in [0.15, 0.2) is 5.78 Å². The van der Waals surface area contributed by atoms with E-state index in [1.165, 1.54) is 0 Å². The van der Waals surface area contributed by atoms with Crippen LogP contribution in [0.5, 0.6) is 5.75 Å². The van der Waals surface area contributed by atoms with Crippen LogP contribution in [0.3, 0.4) is 0 Å². The fourth-order valence-corrected chi connectivity index (χ4v) is 3.78. The van der Waals surface area contributed by atoms with E-state index in [0.29, 0.717) is 45.5 Å². The maximum Gasteiger partial charge on any atom is 0.220 e. The zero-order chi connectivity index (χ0) is 19.3. The number of hydrogen-bond acceptors (Lipinski definition) is 5. The van der Waals surface area contributed by atoms with E-state index in [2.05, 4.69) is 20.5 Å². The van der Waals surface area contributed by atoms with Crippen LogP contribution >= 0.6 is 0 Å². The van der Waals surface area contributed by atoms with Gasteiger partial charge in [0.2, 0.25) is 5.91 Å². The zero-order valence-corrected chi connectivity index (χ0v) is 15.8. The van der Waals surface area contributed by atoms with Gasteiger partial charge in [-0.05, 0) is 12.0 Å². The highest BCUT2D eigenvalue weighted by atomic mass is 16.5. The van der Waals surface area contributed by atoms with Crippen molar-refractivity contribution in [2.75, 3.05) is 13.2 Å². The standard InChI is InChI=1S/C21H26N4O3/c26-18-8-9-22-21-20(18)24-13-16-11-17(14-25(16)21)28-10-4-7-19(27)23-12-15-5-2-1-3-6-15/h1-3,5-6,11,14,20-22,24H,4,7-10,12-13H2,(H,23,27). The van der Waals surface area contributed by atoms with E-state index in [1.807, 2.05) is 42.6 Å². The Morgan fingerprint density at radius 2 is 2.11 bits per heavy atom. The van der Waals surface area contributed by atoms with Crippen LogP contribution in [-0.2, 0) is 22.7 Å². The molecule has 28 heavy (non-hydrogen) atoms. The van der Waals surface area contributed by atoms with Gasteiger partial charge < -0.3 is 14.6 Å². The van der Waals surface area contributed by atoms with E-state index >= 15 is 0 Å². The minimum atomic E-state index is -0.171. The number of ketones is 1. The van der Waals surface area contributed by atoms with Gasteiger partial charge in [-0.3, -0.25) is 20.2 Å². The number of ether oxygens (including phenoxy) is 1. The average Bonchev–Trinajstić information content (AvgIpc) is 3.14. The van der Waals surface area contributed by atoms with Crippen LogP contribution in [-0.4, -0.2) is 35.5 Å². The van der Waals surface area contributed by atoms with Crippen LogP contribution < -0.4 is 20.7 Å². The molecule has 1 fully saturated rings. The minimum Gasteiger partial charge on any atom is -0.492 e. The highest BCUT2D eigenvalue weighted by Gasteiger charge is 2.36. The molecule has 0 radical (unpaired) electrons. The summed E-state index contributed by atoms with van der Waals surface area (Å²) in [5.41, 5.74) is 2.19. The molecule has 2 aliphatic rings. The predicted octanol–water partition coefficient (Wildman–Crippen LogP) is 1.50. The van der Waals surface area contributed by atoms with Crippen LogP contribution in [0.4, 0.5) is 0 Å². The number of carbonyl (C=O) groups excluding carboxylic acids is 2. The van der Waals surface area contributed by atoms with Crippen molar-refractivity contribution in [1.82, 2.24) is 20.5 Å². The topological polar surface area (TPSA) is 84.4 Å². The summed E-state index contributed by atoms with van der Waals surface area (Å²) < 4.78 is 7.93. The first-order valence-corrected chi connectivity index (χ1v) is 9.84. The molecular weight excluding hydrogens is 356 g/mol. The van der Waals surface area contributed by atoms with E-state index in [9.17, 15) is 9.59 Å². The summed E-state index contributed by atoms with van der Waals surface area (Å²) in [5, 5.41) is 9.64. The van der Waals surface area contributed by atoms with Crippen molar-refractivity contribution in [2.45, 2.75) is 44.6 Å². The molecular formula is C21H26N4O3. The van der Waals surface area contributed by atoms with E-state index in [0.717, 1.165) is 17.0 Å². The van der Waals surface area contributed by atoms with Gasteiger partial charge in [-0.1, -0.05) is 30.3 Å². The molecule has 7 heteroatoms. The molecule has 3 N–H and O–H groups in total. The first kappa shape index (κ1) is 18.7. The Labute approximate surface area is 164 Å². The summed E-state index contributed by atoms with van der Waals surface area (Å²) in [4.78, 5) is 24.0. The van der Waals surface area contributed by atoms with Crippen LogP contribution in [0, 0.1) is 0 Å². The quantitative estimate of drug-likeness (QED) is 0.632. The summed E-state index contributed by atoms with van der Waals surface area (Å²) >= 11 is 0. The van der Waals surface area contributed by atoms with Crippen molar-refractivity contribution in [3.8, 4) is 5.75 Å². The third-order valence-corrected chi connectivity index (χ3v) is 5.25. The Balaban J connectivity index is 1.22. The summed E-state index contributed by atoms with van der Waals surface area (Å²) in [5.74, 6) is 1.06. The SMILES string of the molecule is O=C(CCCOc1cc2n(c1)C1NCCC(=O)C1NC2)NCc1ccccc1. The van der Waals surface area contributed by atoms with Crippen LogP contribution in [0.25, 0.3) is 0 Å². The smallest absolute Gasteiger partial charge is 0.220 e. The highest BCUT2D eigenvalue weighted by Crippen LogP contribution is 2.27. The second-order valence-corrected chi connectivity index (χ2v) is 7.26. The lowest BCUT2D eigenvalue weighted by Gasteiger charge is -2.37. The van der Waals surface area contributed by atoms with Crippen molar-refractivity contribution in [3.63, 3.8) is 0 Å². The normalized spacial score (nSPS) is 20.9. The molecule has 1 saturated heterocycles. The Morgan fingerprint density at radius 1 is 1.25 bits per heavy atom. The number of amides is 1. The predicted molar refractivity (Wildman–Crippen MR) is 105 cm³/mol. The molecule has 1 aromatic carbocycles. The lowest BCUT2D eigenvalue weighted by Crippen LogP contribution is -2.56. The number of hydrogen-bond donors (Lipinski definition) is 3. The van der Waals surface area contributed by atoms with Crippen molar-refractivity contribution < 1.29 is 14.3 Å². The number of nitrogens with zero attached hydrogens (tertiary/aromatic N) is 1. The van der Waals surface area contributed by atoms with E-state index in [4.69, 9.17) is 4.74 Å². The van der Waals surface area contributed by atoms with Gasteiger partial charge in [-0.2, -0.15) is 0 Å². The Kier molecular flexibility index (Phi) is 5.73. The minimum absolute atomic E-state index is 0.0283. The number of piperidine rings is 1. The molecule has 0 saturated carbocycles. The number of rotatable bonds is 7. The summed E-state index contributed by atoms with van der Waals surface area (Å²) in [7, 11) is 0. The lowest BCUT2D eigenvalue weighted by atomic mass is 10.0. The van der Waals surface area contributed by atoms with E-state index in [-0.39, 0.29) is 23.9 Å². The molecule has 4 rings (SSSR count). The largest absolute Gasteiger partial charge is 0.492 e. The molecule has 0 spiro atoms. The number of aromatic nitrogens is 1. The molecule has 7 nitrogen and oxygen atoms in total. The van der Waals surface area contributed by atoms with E-state index in [1.54, 1.807) is 0 Å². The summed E-state index contributed by atoms with van der Waals surface area (Å²) in [6, 6.07) is 11.7. The third-order valence-electron chi connectivity index (χ3n) is 5.25. The second-order valence-electron chi connectivity index (χ2n) is 7.26. The van der Waals surface area contributed by atoms with Crippen LogP contribution in [0.2, 0.25) is 0 Å². The Hall–Kier alpha value is -2.64. The molecule has 1 amide bonds. The first-order valence-electron chi connectivity index (χ1n) is 9.84. The highest BCUT2D eigenvalue weighted by molar-refractivity contribution is 5.85. The number of nitrogens with one attached hydrogen (secondary N) is 3. The van der Waals surface area contributed by atoms with Crippen LogP contribution in [0.15, 0.2) is 42.6 Å². The van der Waals surface area contributed by atoms with Gasteiger partial charge >= 0.3 is 0 Å². The number of Topliss-reactive ketones (excluding diaryl/α,β-unsaturated/α-hetero) is 1. The molecule has 148 valence electrons. The molecule has 2 aliphatic heterocycles. The molecule has 3 heterocycles. The molecule has 2 aromatic rings. The van der Waals surface area contributed by atoms with Gasteiger partial charge in [-0.15, -0.1) is 0 Å². The average molecular weight is 382 g/mol. The maximum atomic E-state index is 12.1. The first-order chi connectivity index (χ1) is 13.7. The van der Waals surface area contributed by atoms with Crippen molar-refractivity contribution in [1.29, 1.82) is 0 Å². The monoisotopic (exact) mass is 382 g/mol. The molecule has 2 atom stereocenters. The Bertz CT molecular complexity index is 833. The zero-order valence-electron chi connectivity index (χ0n) is 15.8. The van der Waals surface area contributed by atoms with Gasteiger partial charge in [0.05, 0.1) is 6.61 Å². The van der Waals surface area contributed by atoms with Crippen molar-refractivity contribution in [2.24, 2.45) is 0 Å². The van der Waals surface area contributed by atoms with Crippen LogP contribution in [0.1, 0.15) is 36.7 Å². The van der Waals surface area contributed by atoms with Gasteiger partial charge in [0, 0.05) is 50.4 Å². The molecule has 0 bridgehead atoms. The number of carbonyl (C=O) groups is 2. The van der Waals surface area contributed by atoms with E-state index < -0.39 is 0 Å². The molecule has 2 unspecified atom stereocenters. The molecule has 1 aromatic heterocycles. The van der Waals surface area contributed by atoms with Crippen molar-refractivity contribution in [3.05, 3.63) is 53.9 Å². The lowest BCUT2D eigenvalue weighted by molar-refractivity contribution is -0.124. The fraction of sp³-hybridized carbons (Fsp3) is 0.429. The van der Waals surface area contributed by atoms with Gasteiger partial charge in [0.1, 0.15) is 18.0 Å². The Morgan fingerprint density at radius 3 is 2.96 bits per heavy atom. The second kappa shape index (κ2) is 8.58. The van der Waals surface area contributed by atoms with Gasteiger partial charge in [-0.25, -0.2) is 0 Å². The number of benzene rings is 1. The molecule has 0 aliphatic carbocycles. The summed E-state index contributed by atoms with van der Waals surface area (Å²) in [6.45, 7) is 2.39. The van der Waals surface area contributed by atoms with Crippen molar-refractivity contribution >= 4 is 11.7 Å². The number of fused-ring (bicyclic) bond motifs is 3. The summed E-state index contributed by atoms with van der Waals surface area (Å²) in [6.07, 6.45) is 3.56. The van der Waals surface area contributed by atoms with Gasteiger partial charge in [0.25, 0.3) is 0 Å².